The van der Waals surface area contributed by atoms with E-state index in [1.54, 1.807) is 18.2 Å². The van der Waals surface area contributed by atoms with Crippen LogP contribution in [0.1, 0.15) is 0 Å². The van der Waals surface area contributed by atoms with Gasteiger partial charge in [0.1, 0.15) is 0 Å². The second kappa shape index (κ2) is 8.55. The lowest BCUT2D eigenvalue weighted by molar-refractivity contribution is -0.145. The van der Waals surface area contributed by atoms with Crippen molar-refractivity contribution in [1.82, 2.24) is 15.0 Å². The molecule has 1 saturated heterocycles. The predicted molar refractivity (Wildman–Crippen MR) is 104 cm³/mol. The molecular weight excluding hydrogens is 404 g/mol. The number of carboxylic acid groups (broad SMARTS) is 1. The Labute approximate surface area is 166 Å². The molecule has 2 heterocycles. The average molecular weight is 424 g/mol. The van der Waals surface area contributed by atoms with Crippen molar-refractivity contribution < 1.29 is 28.2 Å². The zero-order valence-corrected chi connectivity index (χ0v) is 16.3. The first-order valence-electron chi connectivity index (χ1n) is 8.56. The number of nitrogens with zero attached hydrogens (tertiary/aromatic N) is 4. The smallest absolute Gasteiger partial charge is 0.353 e. The van der Waals surface area contributed by atoms with Crippen molar-refractivity contribution in [3.63, 3.8) is 0 Å². The molecule has 29 heavy (non-hydrogen) atoms. The van der Waals surface area contributed by atoms with Crippen LogP contribution in [0.4, 0.5) is 17.6 Å². The second-order valence-electron chi connectivity index (χ2n) is 6.22. The fraction of sp³-hybridized carbons (Fsp3) is 0.375. The van der Waals surface area contributed by atoms with E-state index in [4.69, 9.17) is 9.84 Å². The van der Waals surface area contributed by atoms with Gasteiger partial charge in [-0.25, -0.2) is 13.2 Å². The molecule has 1 aromatic heterocycles. The van der Waals surface area contributed by atoms with Crippen LogP contribution >= 0.6 is 0 Å². The van der Waals surface area contributed by atoms with Crippen LogP contribution in [-0.2, 0) is 19.6 Å². The van der Waals surface area contributed by atoms with Gasteiger partial charge in [-0.05, 0) is 12.1 Å². The Hall–Kier alpha value is -3.03. The lowest BCUT2D eigenvalue weighted by Gasteiger charge is -2.27. The number of aliphatic hydroxyl groups excluding tert-OH is 1. The van der Waals surface area contributed by atoms with E-state index in [2.05, 4.69) is 25.0 Å². The third-order valence-corrected chi connectivity index (χ3v) is 4.45. The lowest BCUT2D eigenvalue weighted by Crippen LogP contribution is -2.38. The third-order valence-electron chi connectivity index (χ3n) is 3.84. The van der Waals surface area contributed by atoms with Crippen LogP contribution in [0.5, 0.6) is 0 Å². The van der Waals surface area contributed by atoms with Crippen molar-refractivity contribution in [2.24, 2.45) is 0 Å². The zero-order chi connectivity index (χ0) is 21.0. The SMILES string of the molecule is CS(=O)(=O)Nc1cccc(-c2nc(NC(O)C(=O)O)nc(N3CCOCC3)n2)c1. The van der Waals surface area contributed by atoms with Crippen LogP contribution in [0.15, 0.2) is 24.3 Å². The number of morpholine rings is 1. The Balaban J connectivity index is 2.00. The van der Waals surface area contributed by atoms with Gasteiger partial charge >= 0.3 is 5.97 Å². The third kappa shape index (κ3) is 5.73. The first-order valence-corrected chi connectivity index (χ1v) is 10.4. The van der Waals surface area contributed by atoms with Crippen LogP contribution in [-0.4, -0.2) is 78.3 Å². The van der Waals surface area contributed by atoms with E-state index in [-0.39, 0.29) is 17.7 Å². The van der Waals surface area contributed by atoms with Gasteiger partial charge in [-0.2, -0.15) is 15.0 Å². The molecule has 0 bridgehead atoms. The summed E-state index contributed by atoms with van der Waals surface area (Å²) >= 11 is 0. The first kappa shape index (κ1) is 20.7. The fourth-order valence-corrected chi connectivity index (χ4v) is 3.14. The van der Waals surface area contributed by atoms with Crippen molar-refractivity contribution in [3.8, 4) is 11.4 Å². The molecule has 1 unspecified atom stereocenters. The maximum Gasteiger partial charge on any atom is 0.353 e. The van der Waals surface area contributed by atoms with Crippen LogP contribution in [0, 0.1) is 0 Å². The van der Waals surface area contributed by atoms with Crippen molar-refractivity contribution in [1.29, 1.82) is 0 Å². The van der Waals surface area contributed by atoms with Gasteiger partial charge in [0.15, 0.2) is 5.82 Å². The molecule has 1 fully saturated rings. The Morgan fingerprint density at radius 2 is 1.97 bits per heavy atom. The minimum atomic E-state index is -3.47. The summed E-state index contributed by atoms with van der Waals surface area (Å²) in [5, 5.41) is 20.8. The molecule has 0 aliphatic carbocycles. The Morgan fingerprint density at radius 1 is 1.24 bits per heavy atom. The number of benzene rings is 1. The number of hydrogen-bond donors (Lipinski definition) is 4. The number of nitrogens with one attached hydrogen (secondary N) is 2. The van der Waals surface area contributed by atoms with Gasteiger partial charge in [-0.15, -0.1) is 0 Å². The van der Waals surface area contributed by atoms with Crippen LogP contribution in [0.25, 0.3) is 11.4 Å². The highest BCUT2D eigenvalue weighted by atomic mass is 32.2. The number of rotatable bonds is 7. The number of aromatic nitrogens is 3. The number of aliphatic hydroxyl groups is 1. The minimum Gasteiger partial charge on any atom is -0.478 e. The minimum absolute atomic E-state index is 0.132. The molecule has 0 amide bonds. The van der Waals surface area contributed by atoms with Gasteiger partial charge in [0, 0.05) is 24.3 Å². The lowest BCUT2D eigenvalue weighted by atomic mass is 10.2. The maximum atomic E-state index is 11.5. The fourth-order valence-electron chi connectivity index (χ4n) is 2.58. The number of ether oxygens (including phenoxy) is 1. The van der Waals surface area contributed by atoms with Crippen LogP contribution in [0.3, 0.4) is 0 Å². The molecule has 0 saturated carbocycles. The number of hydrogen-bond acceptors (Lipinski definition) is 10. The molecule has 3 rings (SSSR count). The van der Waals surface area contributed by atoms with E-state index in [9.17, 15) is 18.3 Å². The van der Waals surface area contributed by atoms with Crippen molar-refractivity contribution >= 4 is 33.6 Å². The van der Waals surface area contributed by atoms with Crippen LogP contribution < -0.4 is 14.9 Å². The molecule has 0 radical (unpaired) electrons. The molecular formula is C16H20N6O6S. The number of carbonyl (C=O) groups is 1. The normalized spacial score (nSPS) is 15.6. The van der Waals surface area contributed by atoms with Gasteiger partial charge in [0.25, 0.3) is 0 Å². The topological polar surface area (TPSA) is 167 Å². The summed E-state index contributed by atoms with van der Waals surface area (Å²) in [5.41, 5.74) is 0.793. The van der Waals surface area contributed by atoms with E-state index < -0.39 is 22.2 Å². The zero-order valence-electron chi connectivity index (χ0n) is 15.4. The van der Waals surface area contributed by atoms with E-state index in [0.717, 1.165) is 6.26 Å². The van der Waals surface area contributed by atoms with Gasteiger partial charge in [0.05, 0.1) is 19.5 Å². The second-order valence-corrected chi connectivity index (χ2v) is 7.97. The summed E-state index contributed by atoms with van der Waals surface area (Å²) < 4.78 is 30.7. The number of sulfonamides is 1. The summed E-state index contributed by atoms with van der Waals surface area (Å²) in [5.74, 6) is -1.16. The molecule has 2 aromatic rings. The number of carboxylic acids is 1. The molecule has 1 aliphatic rings. The van der Waals surface area contributed by atoms with E-state index in [0.29, 0.717) is 37.6 Å². The average Bonchev–Trinajstić information content (AvgIpc) is 2.67. The van der Waals surface area contributed by atoms with Gasteiger partial charge in [0.2, 0.25) is 28.1 Å². The predicted octanol–water partition coefficient (Wildman–Crippen LogP) is -0.438. The van der Waals surface area contributed by atoms with Gasteiger partial charge < -0.3 is 25.2 Å². The highest BCUT2D eigenvalue weighted by Gasteiger charge is 2.20. The molecule has 4 N–H and O–H groups in total. The van der Waals surface area contributed by atoms with E-state index in [1.165, 1.54) is 6.07 Å². The van der Waals surface area contributed by atoms with Crippen molar-refractivity contribution in [3.05, 3.63) is 24.3 Å². The largest absolute Gasteiger partial charge is 0.478 e. The number of aliphatic carboxylic acids is 1. The first-order chi connectivity index (χ1) is 13.7. The Kier molecular flexibility index (Phi) is 6.10. The summed E-state index contributed by atoms with van der Waals surface area (Å²) in [6.07, 6.45) is -0.866. The van der Waals surface area contributed by atoms with Crippen LogP contribution in [0.2, 0.25) is 0 Å². The molecule has 1 atom stereocenters. The quantitative estimate of drug-likeness (QED) is 0.425. The highest BCUT2D eigenvalue weighted by Crippen LogP contribution is 2.23. The summed E-state index contributed by atoms with van der Waals surface area (Å²) in [6.45, 7) is 2.02. The Bertz CT molecular complexity index is 995. The van der Waals surface area contributed by atoms with Crippen molar-refractivity contribution in [2.75, 3.05) is 47.5 Å². The summed E-state index contributed by atoms with van der Waals surface area (Å²) in [6, 6.07) is 6.41. The molecule has 1 aromatic carbocycles. The van der Waals surface area contributed by atoms with E-state index in [1.807, 2.05) is 4.90 Å². The standard InChI is InChI=1S/C16H20N6O6S/c1-29(26,27)21-11-4-2-3-10(9-11)12-17-15(19-13(23)14(24)25)20-16(18-12)22-5-7-28-8-6-22/h2-4,9,13,21,23H,5-8H2,1H3,(H,24,25)(H,17,18,19,20). The maximum absolute atomic E-state index is 11.5. The van der Waals surface area contributed by atoms with Gasteiger partial charge in [-0.1, -0.05) is 12.1 Å². The molecule has 156 valence electrons. The summed E-state index contributed by atoms with van der Waals surface area (Å²) in [4.78, 5) is 25.6. The monoisotopic (exact) mass is 424 g/mol. The molecule has 1 aliphatic heterocycles. The highest BCUT2D eigenvalue weighted by molar-refractivity contribution is 7.92. The molecule has 0 spiro atoms. The van der Waals surface area contributed by atoms with E-state index >= 15 is 0 Å². The van der Waals surface area contributed by atoms with Gasteiger partial charge in [-0.3, -0.25) is 4.72 Å². The van der Waals surface area contributed by atoms with Crippen molar-refractivity contribution in [2.45, 2.75) is 6.23 Å². The molecule has 12 nitrogen and oxygen atoms in total. The Morgan fingerprint density at radius 3 is 2.62 bits per heavy atom. The number of anilines is 3. The summed E-state index contributed by atoms with van der Waals surface area (Å²) in [7, 11) is -3.47. The molecule has 13 heteroatoms.